The summed E-state index contributed by atoms with van der Waals surface area (Å²) in [6, 6.07) is 3.75. The molecule has 5 nitrogen and oxygen atoms in total. The number of aryl methyl sites for hydroxylation is 1. The second kappa shape index (κ2) is 6.56. The van der Waals surface area contributed by atoms with Crippen molar-refractivity contribution < 1.29 is 9.53 Å². The van der Waals surface area contributed by atoms with E-state index >= 15 is 0 Å². The number of benzene rings is 1. The Morgan fingerprint density at radius 1 is 1.50 bits per heavy atom. The highest BCUT2D eigenvalue weighted by Crippen LogP contribution is 2.31. The molecule has 0 atom stereocenters. The summed E-state index contributed by atoms with van der Waals surface area (Å²) in [4.78, 5) is 19.4. The second-order valence-corrected chi connectivity index (χ2v) is 5.17. The number of aromatic nitrogens is 2. The van der Waals surface area contributed by atoms with Crippen LogP contribution < -0.4 is 10.1 Å². The van der Waals surface area contributed by atoms with Crippen LogP contribution >= 0.6 is 15.9 Å². The largest absolute Gasteiger partial charge is 0.495 e. The molecule has 0 fully saturated rings. The first-order chi connectivity index (χ1) is 9.63. The molecule has 0 saturated carbocycles. The van der Waals surface area contributed by atoms with E-state index in [4.69, 9.17) is 4.74 Å². The van der Waals surface area contributed by atoms with Crippen molar-refractivity contribution in [2.24, 2.45) is 0 Å². The van der Waals surface area contributed by atoms with Gasteiger partial charge >= 0.3 is 0 Å². The van der Waals surface area contributed by atoms with Crippen LogP contribution in [0.1, 0.15) is 21.7 Å². The van der Waals surface area contributed by atoms with Crippen molar-refractivity contribution in [3.8, 4) is 5.75 Å². The number of hydrogen-bond acceptors (Lipinski definition) is 3. The average Bonchev–Trinajstić information content (AvgIpc) is 2.94. The van der Waals surface area contributed by atoms with E-state index in [0.29, 0.717) is 24.3 Å². The van der Waals surface area contributed by atoms with Crippen LogP contribution in [-0.2, 0) is 6.42 Å². The maximum absolute atomic E-state index is 12.3. The van der Waals surface area contributed by atoms with Gasteiger partial charge < -0.3 is 15.0 Å². The number of amides is 1. The molecule has 0 radical (unpaired) electrons. The third-order valence-corrected chi connectivity index (χ3v) is 3.58. The number of carbonyl (C=O) groups is 1. The van der Waals surface area contributed by atoms with Crippen molar-refractivity contribution in [1.82, 2.24) is 15.3 Å². The lowest BCUT2D eigenvalue weighted by Gasteiger charge is -2.13. The van der Waals surface area contributed by atoms with Gasteiger partial charge in [0.1, 0.15) is 11.6 Å². The topological polar surface area (TPSA) is 67.0 Å². The van der Waals surface area contributed by atoms with Crippen LogP contribution in [-0.4, -0.2) is 29.5 Å². The lowest BCUT2D eigenvalue weighted by molar-refractivity contribution is 0.0950. The van der Waals surface area contributed by atoms with Gasteiger partial charge in [-0.05, 0) is 34.5 Å². The van der Waals surface area contributed by atoms with Gasteiger partial charge in [-0.25, -0.2) is 4.98 Å². The smallest absolute Gasteiger partial charge is 0.255 e. The molecule has 0 aliphatic heterocycles. The number of rotatable bonds is 5. The van der Waals surface area contributed by atoms with Gasteiger partial charge in [0.05, 0.1) is 17.1 Å². The van der Waals surface area contributed by atoms with E-state index < -0.39 is 0 Å². The third-order valence-electron chi connectivity index (χ3n) is 2.95. The summed E-state index contributed by atoms with van der Waals surface area (Å²) < 4.78 is 6.07. The van der Waals surface area contributed by atoms with Crippen LogP contribution in [0.15, 0.2) is 29.0 Å². The molecule has 0 aliphatic carbocycles. The maximum atomic E-state index is 12.3. The number of halogens is 1. The van der Waals surface area contributed by atoms with Crippen molar-refractivity contribution in [2.75, 3.05) is 13.7 Å². The van der Waals surface area contributed by atoms with Crippen LogP contribution in [0.5, 0.6) is 5.75 Å². The first-order valence-corrected chi connectivity index (χ1v) is 7.02. The molecule has 0 saturated heterocycles. The van der Waals surface area contributed by atoms with Crippen molar-refractivity contribution in [1.29, 1.82) is 0 Å². The Labute approximate surface area is 125 Å². The molecule has 1 amide bonds. The van der Waals surface area contributed by atoms with Gasteiger partial charge in [-0.3, -0.25) is 4.79 Å². The normalized spacial score (nSPS) is 10.3. The molecule has 6 heteroatoms. The van der Waals surface area contributed by atoms with E-state index in [2.05, 4.69) is 31.2 Å². The summed E-state index contributed by atoms with van der Waals surface area (Å²) in [5.74, 6) is 1.26. The molecular weight excluding hydrogens is 322 g/mol. The summed E-state index contributed by atoms with van der Waals surface area (Å²) in [7, 11) is 1.55. The molecule has 1 aromatic carbocycles. The summed E-state index contributed by atoms with van der Waals surface area (Å²) >= 11 is 3.39. The van der Waals surface area contributed by atoms with Gasteiger partial charge in [-0.1, -0.05) is 6.07 Å². The molecule has 20 heavy (non-hydrogen) atoms. The summed E-state index contributed by atoms with van der Waals surface area (Å²) in [6.45, 7) is 2.40. The van der Waals surface area contributed by atoms with Gasteiger partial charge in [0, 0.05) is 25.4 Å². The zero-order valence-corrected chi connectivity index (χ0v) is 13.0. The van der Waals surface area contributed by atoms with E-state index in [1.54, 1.807) is 19.5 Å². The van der Waals surface area contributed by atoms with Crippen molar-refractivity contribution in [2.45, 2.75) is 13.3 Å². The fourth-order valence-electron chi connectivity index (χ4n) is 1.95. The van der Waals surface area contributed by atoms with Gasteiger partial charge in [-0.15, -0.1) is 0 Å². The molecule has 0 spiro atoms. The Balaban J connectivity index is 2.07. The SMILES string of the molecule is COc1c(Br)ccc(C)c1C(=O)NCCc1ncc[nH]1. The summed E-state index contributed by atoms with van der Waals surface area (Å²) in [5, 5.41) is 2.88. The number of H-pyrrole nitrogens is 1. The van der Waals surface area contributed by atoms with Crippen molar-refractivity contribution in [3.05, 3.63) is 46.0 Å². The molecular formula is C14H16BrN3O2. The van der Waals surface area contributed by atoms with Gasteiger partial charge in [-0.2, -0.15) is 0 Å². The molecule has 2 aromatic rings. The minimum atomic E-state index is -0.146. The quantitative estimate of drug-likeness (QED) is 0.880. The van der Waals surface area contributed by atoms with E-state index in [0.717, 1.165) is 15.9 Å². The number of methoxy groups -OCH3 is 1. The molecule has 106 valence electrons. The van der Waals surface area contributed by atoms with Crippen LogP contribution in [0.4, 0.5) is 0 Å². The minimum Gasteiger partial charge on any atom is -0.495 e. The Bertz CT molecular complexity index is 597. The van der Waals surface area contributed by atoms with Crippen molar-refractivity contribution in [3.63, 3.8) is 0 Å². The van der Waals surface area contributed by atoms with E-state index in [9.17, 15) is 4.79 Å². The monoisotopic (exact) mass is 337 g/mol. The Morgan fingerprint density at radius 3 is 2.95 bits per heavy atom. The zero-order chi connectivity index (χ0) is 14.5. The standard InChI is InChI=1S/C14H16BrN3O2/c1-9-3-4-10(15)13(20-2)12(9)14(19)18-6-5-11-16-7-8-17-11/h3-4,7-8H,5-6H2,1-2H3,(H,16,17)(H,18,19). The number of aromatic amines is 1. The Hall–Kier alpha value is -1.82. The predicted octanol–water partition coefficient (Wildman–Crippen LogP) is 2.46. The highest BCUT2D eigenvalue weighted by molar-refractivity contribution is 9.10. The number of imidazole rings is 1. The number of carbonyl (C=O) groups excluding carboxylic acids is 1. The lowest BCUT2D eigenvalue weighted by Crippen LogP contribution is -2.27. The zero-order valence-electron chi connectivity index (χ0n) is 11.4. The van der Waals surface area contributed by atoms with E-state index in [-0.39, 0.29) is 5.91 Å². The van der Waals surface area contributed by atoms with Gasteiger partial charge in [0.15, 0.2) is 0 Å². The summed E-state index contributed by atoms with van der Waals surface area (Å²) in [5.41, 5.74) is 1.43. The first kappa shape index (κ1) is 14.6. The van der Waals surface area contributed by atoms with E-state index in [1.807, 2.05) is 19.1 Å². The first-order valence-electron chi connectivity index (χ1n) is 6.23. The third kappa shape index (κ3) is 3.19. The predicted molar refractivity (Wildman–Crippen MR) is 80.1 cm³/mol. The average molecular weight is 338 g/mol. The van der Waals surface area contributed by atoms with Gasteiger partial charge in [0.2, 0.25) is 0 Å². The maximum Gasteiger partial charge on any atom is 0.255 e. The lowest BCUT2D eigenvalue weighted by atomic mass is 10.1. The number of hydrogen-bond donors (Lipinski definition) is 2. The van der Waals surface area contributed by atoms with Crippen LogP contribution in [0.25, 0.3) is 0 Å². The Morgan fingerprint density at radius 2 is 2.30 bits per heavy atom. The second-order valence-electron chi connectivity index (χ2n) is 4.31. The molecule has 0 bridgehead atoms. The molecule has 1 aromatic heterocycles. The van der Waals surface area contributed by atoms with Crippen LogP contribution in [0.3, 0.4) is 0 Å². The van der Waals surface area contributed by atoms with Crippen LogP contribution in [0.2, 0.25) is 0 Å². The number of nitrogens with one attached hydrogen (secondary N) is 2. The molecule has 2 rings (SSSR count). The summed E-state index contributed by atoms with van der Waals surface area (Å²) in [6.07, 6.45) is 4.12. The highest BCUT2D eigenvalue weighted by atomic mass is 79.9. The molecule has 0 aliphatic rings. The molecule has 1 heterocycles. The molecule has 0 unspecified atom stereocenters. The fourth-order valence-corrected chi connectivity index (χ4v) is 2.45. The molecule has 2 N–H and O–H groups in total. The Kier molecular flexibility index (Phi) is 4.79. The van der Waals surface area contributed by atoms with E-state index in [1.165, 1.54) is 0 Å². The van der Waals surface area contributed by atoms with Gasteiger partial charge in [0.25, 0.3) is 5.91 Å². The number of ether oxygens (including phenoxy) is 1. The van der Waals surface area contributed by atoms with Crippen molar-refractivity contribution >= 4 is 21.8 Å². The fraction of sp³-hybridized carbons (Fsp3) is 0.286. The highest BCUT2D eigenvalue weighted by Gasteiger charge is 2.17. The minimum absolute atomic E-state index is 0.146. The van der Waals surface area contributed by atoms with Crippen LogP contribution in [0, 0.1) is 6.92 Å². The number of nitrogens with zero attached hydrogens (tertiary/aromatic N) is 1.